The van der Waals surface area contributed by atoms with Gasteiger partial charge in [0, 0.05) is 5.56 Å². The first kappa shape index (κ1) is 18.8. The maximum Gasteiger partial charge on any atom is 0.204 e. The van der Waals surface area contributed by atoms with Gasteiger partial charge in [-0.3, -0.25) is 0 Å². The van der Waals surface area contributed by atoms with Crippen LogP contribution in [0.15, 0.2) is 36.9 Å². The molecule has 6 nitrogen and oxygen atoms in total. The molecular formula is C21H24O6. The van der Waals surface area contributed by atoms with Gasteiger partial charge < -0.3 is 28.8 Å². The number of phenolic OH excluding ortho intramolecular Hbond substituents is 1. The summed E-state index contributed by atoms with van der Waals surface area (Å²) in [4.78, 5) is 0. The second-order valence-electron chi connectivity index (χ2n) is 6.25. The predicted octanol–water partition coefficient (Wildman–Crippen LogP) is 4.05. The first-order valence-corrected chi connectivity index (χ1v) is 8.62. The normalized spacial score (nSPS) is 17.9. The van der Waals surface area contributed by atoms with Gasteiger partial charge in [0.15, 0.2) is 29.1 Å². The number of fused-ring (bicyclic) bond motifs is 1. The van der Waals surface area contributed by atoms with Gasteiger partial charge in [-0.2, -0.15) is 0 Å². The smallest absolute Gasteiger partial charge is 0.204 e. The summed E-state index contributed by atoms with van der Waals surface area (Å²) in [6.45, 7) is 5.69. The van der Waals surface area contributed by atoms with Crippen LogP contribution in [0, 0.1) is 0 Å². The van der Waals surface area contributed by atoms with Crippen molar-refractivity contribution in [3.8, 4) is 34.5 Å². The molecular weight excluding hydrogens is 348 g/mol. The van der Waals surface area contributed by atoms with Gasteiger partial charge in [0.1, 0.15) is 6.10 Å². The molecule has 0 unspecified atom stereocenters. The number of benzene rings is 2. The molecule has 0 amide bonds. The van der Waals surface area contributed by atoms with Gasteiger partial charge in [-0.1, -0.05) is 6.08 Å². The van der Waals surface area contributed by atoms with Crippen LogP contribution in [0.2, 0.25) is 0 Å². The fourth-order valence-electron chi connectivity index (χ4n) is 3.17. The number of aromatic hydroxyl groups is 1. The molecule has 0 saturated carbocycles. The van der Waals surface area contributed by atoms with Crippen molar-refractivity contribution < 1.29 is 28.8 Å². The Morgan fingerprint density at radius 2 is 1.63 bits per heavy atom. The number of phenols is 1. The lowest BCUT2D eigenvalue weighted by Crippen LogP contribution is -2.31. The van der Waals surface area contributed by atoms with Crippen LogP contribution in [-0.2, 0) is 6.42 Å². The van der Waals surface area contributed by atoms with E-state index >= 15 is 0 Å². The van der Waals surface area contributed by atoms with E-state index < -0.39 is 6.10 Å². The summed E-state index contributed by atoms with van der Waals surface area (Å²) in [6, 6.07) is 7.28. The molecule has 27 heavy (non-hydrogen) atoms. The van der Waals surface area contributed by atoms with Crippen molar-refractivity contribution in [2.75, 3.05) is 21.3 Å². The van der Waals surface area contributed by atoms with Crippen LogP contribution in [0.25, 0.3) is 0 Å². The molecule has 1 aliphatic heterocycles. The number of ether oxygens (including phenoxy) is 5. The highest BCUT2D eigenvalue weighted by Gasteiger charge is 2.33. The lowest BCUT2D eigenvalue weighted by Gasteiger charge is -2.33. The van der Waals surface area contributed by atoms with E-state index in [1.807, 2.05) is 25.1 Å². The monoisotopic (exact) mass is 372 g/mol. The Kier molecular flexibility index (Phi) is 5.35. The molecule has 2 aromatic carbocycles. The third-order valence-corrected chi connectivity index (χ3v) is 4.50. The maximum atomic E-state index is 10.2. The fraction of sp³-hybridized carbons (Fsp3) is 0.333. The molecule has 3 rings (SSSR count). The third-order valence-electron chi connectivity index (χ3n) is 4.50. The van der Waals surface area contributed by atoms with Gasteiger partial charge in [-0.25, -0.2) is 0 Å². The molecule has 0 fully saturated rings. The van der Waals surface area contributed by atoms with Crippen LogP contribution >= 0.6 is 0 Å². The minimum absolute atomic E-state index is 0.0523. The van der Waals surface area contributed by atoms with Gasteiger partial charge in [0.2, 0.25) is 11.5 Å². The Labute approximate surface area is 158 Å². The highest BCUT2D eigenvalue weighted by Crippen LogP contribution is 2.48. The van der Waals surface area contributed by atoms with E-state index in [-0.39, 0.29) is 11.9 Å². The molecule has 0 aromatic heterocycles. The minimum atomic E-state index is -0.412. The molecule has 0 radical (unpaired) electrons. The zero-order valence-electron chi connectivity index (χ0n) is 15.9. The van der Waals surface area contributed by atoms with Crippen LogP contribution in [0.3, 0.4) is 0 Å². The van der Waals surface area contributed by atoms with E-state index in [2.05, 4.69) is 6.58 Å². The number of hydrogen-bond donors (Lipinski definition) is 1. The molecule has 0 spiro atoms. The highest BCUT2D eigenvalue weighted by atomic mass is 16.6. The number of rotatable bonds is 6. The Morgan fingerprint density at radius 3 is 2.19 bits per heavy atom. The van der Waals surface area contributed by atoms with E-state index in [9.17, 15) is 5.11 Å². The van der Waals surface area contributed by atoms with Crippen molar-refractivity contribution in [1.82, 2.24) is 0 Å². The SMILES string of the molecule is C=CCc1cc(OC)c2c(c1)O[C@@H](c1cc(OC)c(O)c(OC)c1)[C@@H](C)O2. The van der Waals surface area contributed by atoms with E-state index in [1.165, 1.54) is 14.2 Å². The first-order valence-electron chi connectivity index (χ1n) is 8.62. The molecule has 144 valence electrons. The lowest BCUT2D eigenvalue weighted by atomic mass is 10.0. The topological polar surface area (TPSA) is 66.4 Å². The third kappa shape index (κ3) is 3.47. The second-order valence-corrected chi connectivity index (χ2v) is 6.25. The quantitative estimate of drug-likeness (QED) is 0.772. The van der Waals surface area contributed by atoms with E-state index in [1.54, 1.807) is 19.2 Å². The summed E-state index contributed by atoms with van der Waals surface area (Å²) in [5.41, 5.74) is 1.78. The summed E-state index contributed by atoms with van der Waals surface area (Å²) in [5, 5.41) is 10.2. The molecule has 1 N–H and O–H groups in total. The summed E-state index contributed by atoms with van der Waals surface area (Å²) in [6.07, 6.45) is 1.80. The fourth-order valence-corrected chi connectivity index (χ4v) is 3.17. The molecule has 1 heterocycles. The van der Waals surface area contributed by atoms with Crippen molar-refractivity contribution in [2.24, 2.45) is 0 Å². The molecule has 1 aliphatic rings. The van der Waals surface area contributed by atoms with Gasteiger partial charge in [-0.05, 0) is 43.2 Å². The second kappa shape index (κ2) is 7.70. The van der Waals surface area contributed by atoms with Crippen molar-refractivity contribution in [3.63, 3.8) is 0 Å². The van der Waals surface area contributed by atoms with Crippen molar-refractivity contribution in [1.29, 1.82) is 0 Å². The molecule has 2 aromatic rings. The Morgan fingerprint density at radius 1 is 1.00 bits per heavy atom. The van der Waals surface area contributed by atoms with Crippen molar-refractivity contribution in [2.45, 2.75) is 25.6 Å². The van der Waals surface area contributed by atoms with Crippen LogP contribution in [-0.4, -0.2) is 32.5 Å². The molecule has 6 heteroatoms. The average Bonchev–Trinajstić information content (AvgIpc) is 2.67. The zero-order chi connectivity index (χ0) is 19.6. The zero-order valence-corrected chi connectivity index (χ0v) is 15.9. The molecule has 0 aliphatic carbocycles. The molecule has 2 atom stereocenters. The largest absolute Gasteiger partial charge is 0.502 e. The van der Waals surface area contributed by atoms with Gasteiger partial charge in [0.25, 0.3) is 0 Å². The van der Waals surface area contributed by atoms with Crippen LogP contribution in [0.5, 0.6) is 34.5 Å². The van der Waals surface area contributed by atoms with E-state index in [0.29, 0.717) is 35.2 Å². The Balaban J connectivity index is 2.04. The van der Waals surface area contributed by atoms with Crippen molar-refractivity contribution >= 4 is 0 Å². The molecule has 0 bridgehead atoms. The Bertz CT molecular complexity index is 820. The van der Waals surface area contributed by atoms with Gasteiger partial charge >= 0.3 is 0 Å². The summed E-state index contributed by atoms with van der Waals surface area (Å²) in [7, 11) is 4.58. The summed E-state index contributed by atoms with van der Waals surface area (Å²) < 4.78 is 28.4. The predicted molar refractivity (Wildman–Crippen MR) is 102 cm³/mol. The standard InChI is InChI=1S/C21H24O6/c1-6-7-13-8-17(25-5)21-18(9-13)27-20(12(2)26-21)14-10-15(23-3)19(22)16(11-14)24-4/h6,8-12,20,22H,1,7H2,2-5H3/t12-,20-/m1/s1. The average molecular weight is 372 g/mol. The summed E-state index contributed by atoms with van der Waals surface area (Å²) in [5.74, 6) is 2.36. The first-order chi connectivity index (χ1) is 13.0. The van der Waals surface area contributed by atoms with E-state index in [4.69, 9.17) is 23.7 Å². The minimum Gasteiger partial charge on any atom is -0.502 e. The number of hydrogen-bond acceptors (Lipinski definition) is 6. The maximum absolute atomic E-state index is 10.2. The van der Waals surface area contributed by atoms with Gasteiger partial charge in [-0.15, -0.1) is 6.58 Å². The van der Waals surface area contributed by atoms with Crippen LogP contribution in [0.4, 0.5) is 0 Å². The highest BCUT2D eigenvalue weighted by molar-refractivity contribution is 5.57. The van der Waals surface area contributed by atoms with Gasteiger partial charge in [0.05, 0.1) is 21.3 Å². The molecule has 0 saturated heterocycles. The lowest BCUT2D eigenvalue weighted by molar-refractivity contribution is 0.0278. The van der Waals surface area contributed by atoms with E-state index in [0.717, 1.165) is 11.1 Å². The number of allylic oxidation sites excluding steroid dienone is 1. The van der Waals surface area contributed by atoms with Crippen molar-refractivity contribution in [3.05, 3.63) is 48.0 Å². The number of methoxy groups -OCH3 is 3. The Hall–Kier alpha value is -3.02. The van der Waals surface area contributed by atoms with Crippen LogP contribution < -0.4 is 23.7 Å². The summed E-state index contributed by atoms with van der Waals surface area (Å²) >= 11 is 0. The van der Waals surface area contributed by atoms with Crippen LogP contribution in [0.1, 0.15) is 24.2 Å².